The number of carbonyl (C=O) groups excluding carboxylic acids is 1. The highest BCUT2D eigenvalue weighted by atomic mass is 35.5. The van der Waals surface area contributed by atoms with Crippen LogP contribution in [0.1, 0.15) is 23.3 Å². The van der Waals surface area contributed by atoms with E-state index >= 15 is 0 Å². The number of carbonyl (C=O) groups is 2. The van der Waals surface area contributed by atoms with E-state index in [9.17, 15) is 14.7 Å². The van der Waals surface area contributed by atoms with Crippen LogP contribution >= 0.6 is 23.2 Å². The first-order valence-corrected chi connectivity index (χ1v) is 8.84. The van der Waals surface area contributed by atoms with E-state index in [-0.39, 0.29) is 11.6 Å². The average Bonchev–Trinajstić information content (AvgIpc) is 3.12. The zero-order chi connectivity index (χ0) is 18.7. The number of rotatable bonds is 5. The molecule has 138 valence electrons. The Hall–Kier alpha value is -2.09. The Bertz CT molecular complexity index is 818. The van der Waals surface area contributed by atoms with Gasteiger partial charge in [-0.3, -0.25) is 4.79 Å². The maximum absolute atomic E-state index is 12.4. The van der Waals surface area contributed by atoms with Crippen molar-refractivity contribution in [2.24, 2.45) is 5.92 Å². The SMILES string of the molecule is O=C(NC(C(=O)O)C1CCCOC1)c1ccn(-c2ccc(Cl)c(Cl)c2)n1. The molecule has 0 radical (unpaired) electrons. The van der Waals surface area contributed by atoms with Crippen LogP contribution in [-0.2, 0) is 9.53 Å². The van der Waals surface area contributed by atoms with Crippen molar-refractivity contribution in [1.29, 1.82) is 0 Å². The molecular weight excluding hydrogens is 381 g/mol. The van der Waals surface area contributed by atoms with Crippen molar-refractivity contribution < 1.29 is 19.4 Å². The van der Waals surface area contributed by atoms with Gasteiger partial charge >= 0.3 is 5.97 Å². The number of halogens is 2. The van der Waals surface area contributed by atoms with Gasteiger partial charge in [-0.25, -0.2) is 9.48 Å². The van der Waals surface area contributed by atoms with E-state index in [4.69, 9.17) is 27.9 Å². The molecule has 2 aromatic rings. The maximum atomic E-state index is 12.4. The Balaban J connectivity index is 1.74. The molecule has 1 aromatic heterocycles. The van der Waals surface area contributed by atoms with Crippen molar-refractivity contribution >= 4 is 35.1 Å². The lowest BCUT2D eigenvalue weighted by Crippen LogP contribution is -2.48. The average molecular weight is 398 g/mol. The normalized spacial score (nSPS) is 18.3. The number of carboxylic acids is 1. The third kappa shape index (κ3) is 4.17. The molecular formula is C17H17Cl2N3O4. The largest absolute Gasteiger partial charge is 0.480 e. The van der Waals surface area contributed by atoms with E-state index in [1.807, 2.05) is 0 Å². The van der Waals surface area contributed by atoms with Gasteiger partial charge in [-0.2, -0.15) is 5.10 Å². The van der Waals surface area contributed by atoms with Crippen LogP contribution in [0.2, 0.25) is 10.0 Å². The summed E-state index contributed by atoms with van der Waals surface area (Å²) in [6, 6.07) is 5.46. The van der Waals surface area contributed by atoms with Gasteiger partial charge < -0.3 is 15.2 Å². The second-order valence-corrected chi connectivity index (χ2v) is 6.82. The molecule has 1 aliphatic heterocycles. The molecule has 2 N–H and O–H groups in total. The van der Waals surface area contributed by atoms with E-state index in [1.54, 1.807) is 24.4 Å². The Morgan fingerprint density at radius 2 is 2.12 bits per heavy atom. The Morgan fingerprint density at radius 1 is 1.31 bits per heavy atom. The molecule has 1 saturated heterocycles. The van der Waals surface area contributed by atoms with Crippen LogP contribution in [0.25, 0.3) is 5.69 Å². The zero-order valence-electron chi connectivity index (χ0n) is 13.7. The smallest absolute Gasteiger partial charge is 0.326 e. The molecule has 26 heavy (non-hydrogen) atoms. The van der Waals surface area contributed by atoms with Gasteiger partial charge in [-0.1, -0.05) is 23.2 Å². The van der Waals surface area contributed by atoms with Crippen molar-refractivity contribution in [3.05, 3.63) is 46.2 Å². The van der Waals surface area contributed by atoms with Gasteiger partial charge in [-0.15, -0.1) is 0 Å². The molecule has 0 spiro atoms. The summed E-state index contributed by atoms with van der Waals surface area (Å²) >= 11 is 11.9. The highest BCUT2D eigenvalue weighted by molar-refractivity contribution is 6.42. The highest BCUT2D eigenvalue weighted by Gasteiger charge is 2.32. The number of ether oxygens (including phenoxy) is 1. The summed E-state index contributed by atoms with van der Waals surface area (Å²) in [6.07, 6.45) is 3.05. The first-order valence-electron chi connectivity index (χ1n) is 8.08. The number of nitrogens with zero attached hydrogens (tertiary/aromatic N) is 2. The second kappa shape index (κ2) is 8.07. The second-order valence-electron chi connectivity index (χ2n) is 6.01. The number of hydrogen-bond donors (Lipinski definition) is 2. The molecule has 1 aromatic carbocycles. The van der Waals surface area contributed by atoms with Crippen molar-refractivity contribution in [3.8, 4) is 5.69 Å². The van der Waals surface area contributed by atoms with Crippen molar-refractivity contribution in [3.63, 3.8) is 0 Å². The number of carboxylic acid groups (broad SMARTS) is 1. The molecule has 1 fully saturated rings. The number of aromatic nitrogens is 2. The molecule has 7 nitrogen and oxygen atoms in total. The Labute approximate surface area is 159 Å². The fourth-order valence-electron chi connectivity index (χ4n) is 2.84. The van der Waals surface area contributed by atoms with Gasteiger partial charge in [0.25, 0.3) is 5.91 Å². The molecule has 2 heterocycles. The van der Waals surface area contributed by atoms with Crippen molar-refractivity contribution in [2.45, 2.75) is 18.9 Å². The monoisotopic (exact) mass is 397 g/mol. The van der Waals surface area contributed by atoms with E-state index in [0.717, 1.165) is 6.42 Å². The predicted molar refractivity (Wildman–Crippen MR) is 96.0 cm³/mol. The molecule has 3 rings (SSSR count). The highest BCUT2D eigenvalue weighted by Crippen LogP contribution is 2.24. The van der Waals surface area contributed by atoms with Gasteiger partial charge in [-0.05, 0) is 37.1 Å². The minimum atomic E-state index is -1.09. The van der Waals surface area contributed by atoms with Crippen LogP contribution in [0, 0.1) is 5.92 Å². The molecule has 1 amide bonds. The molecule has 2 atom stereocenters. The number of amides is 1. The van der Waals surface area contributed by atoms with E-state index < -0.39 is 17.9 Å². The first kappa shape index (κ1) is 18.7. The number of benzene rings is 1. The third-order valence-electron chi connectivity index (χ3n) is 4.21. The van der Waals surface area contributed by atoms with Crippen molar-refractivity contribution in [1.82, 2.24) is 15.1 Å². The molecule has 0 saturated carbocycles. The molecule has 0 aliphatic carbocycles. The van der Waals surface area contributed by atoms with Gasteiger partial charge in [0.2, 0.25) is 0 Å². The summed E-state index contributed by atoms with van der Waals surface area (Å²) in [7, 11) is 0. The summed E-state index contributed by atoms with van der Waals surface area (Å²) in [5.41, 5.74) is 0.743. The van der Waals surface area contributed by atoms with Crippen molar-refractivity contribution in [2.75, 3.05) is 13.2 Å². The van der Waals surface area contributed by atoms with Crippen LogP contribution in [0.5, 0.6) is 0 Å². The van der Waals surface area contributed by atoms with Gasteiger partial charge in [0.1, 0.15) is 6.04 Å². The minimum absolute atomic E-state index is 0.110. The standard InChI is InChI=1S/C17H17Cl2N3O4/c18-12-4-3-11(8-13(12)19)22-6-5-14(21-22)16(23)20-15(17(24)25)10-2-1-7-26-9-10/h3-6,8,10,15H,1-2,7,9H2,(H,20,23)(H,24,25). The van der Waals surface area contributed by atoms with E-state index in [0.29, 0.717) is 35.4 Å². The summed E-state index contributed by atoms with van der Waals surface area (Å²) in [4.78, 5) is 24.0. The number of nitrogens with one attached hydrogen (secondary N) is 1. The lowest BCUT2D eigenvalue weighted by atomic mass is 9.93. The Morgan fingerprint density at radius 3 is 2.77 bits per heavy atom. The van der Waals surface area contributed by atoms with E-state index in [2.05, 4.69) is 10.4 Å². The summed E-state index contributed by atoms with van der Waals surface area (Å²) < 4.78 is 6.79. The maximum Gasteiger partial charge on any atom is 0.326 e. The fraction of sp³-hybridized carbons (Fsp3) is 0.353. The minimum Gasteiger partial charge on any atom is -0.480 e. The molecule has 2 unspecified atom stereocenters. The van der Waals surface area contributed by atoms with Gasteiger partial charge in [0, 0.05) is 18.7 Å². The summed E-state index contributed by atoms with van der Waals surface area (Å²) in [6.45, 7) is 0.930. The molecule has 9 heteroatoms. The van der Waals surface area contributed by atoms with Crippen LogP contribution < -0.4 is 5.32 Å². The summed E-state index contributed by atoms with van der Waals surface area (Å²) in [5, 5.41) is 17.0. The predicted octanol–water partition coefficient (Wildman–Crippen LogP) is 2.79. The third-order valence-corrected chi connectivity index (χ3v) is 4.95. The van der Waals surface area contributed by atoms with Crippen LogP contribution in [0.15, 0.2) is 30.5 Å². The quantitative estimate of drug-likeness (QED) is 0.808. The van der Waals surface area contributed by atoms with Crippen LogP contribution in [-0.4, -0.2) is 46.0 Å². The van der Waals surface area contributed by atoms with Gasteiger partial charge in [0.05, 0.1) is 22.3 Å². The van der Waals surface area contributed by atoms with E-state index in [1.165, 1.54) is 10.7 Å². The zero-order valence-corrected chi connectivity index (χ0v) is 15.2. The van der Waals surface area contributed by atoms with Crippen LogP contribution in [0.4, 0.5) is 0 Å². The first-order chi connectivity index (χ1) is 12.5. The lowest BCUT2D eigenvalue weighted by Gasteiger charge is -2.27. The fourth-order valence-corrected chi connectivity index (χ4v) is 3.13. The Kier molecular flexibility index (Phi) is 5.80. The summed E-state index contributed by atoms with van der Waals surface area (Å²) in [5.74, 6) is -1.90. The van der Waals surface area contributed by atoms with Gasteiger partial charge in [0.15, 0.2) is 5.69 Å². The molecule has 1 aliphatic rings. The van der Waals surface area contributed by atoms with Crippen LogP contribution in [0.3, 0.4) is 0 Å². The number of hydrogen-bond acceptors (Lipinski definition) is 4. The number of aliphatic carboxylic acids is 1. The topological polar surface area (TPSA) is 93.5 Å². The lowest BCUT2D eigenvalue weighted by molar-refractivity contribution is -0.142. The molecule has 0 bridgehead atoms.